The molecule has 11 heavy (non-hydrogen) atoms. The minimum atomic E-state index is 1.12. The first kappa shape index (κ1) is 6.66. The summed E-state index contributed by atoms with van der Waals surface area (Å²) in [6, 6.07) is 0. The Labute approximate surface area is 67.6 Å². The fourth-order valence-electron chi connectivity index (χ4n) is 1.79. The summed E-state index contributed by atoms with van der Waals surface area (Å²) in [6.07, 6.45) is 9.96. The quantitative estimate of drug-likeness (QED) is 0.490. The Balaban J connectivity index is 2.53. The van der Waals surface area contributed by atoms with Crippen LogP contribution in [0.2, 0.25) is 0 Å². The smallest absolute Gasteiger partial charge is 0.00857 e. The molecular weight excluding hydrogens is 132 g/mol. The topological polar surface area (TPSA) is 0 Å². The Morgan fingerprint density at radius 1 is 1.27 bits per heavy atom. The van der Waals surface area contributed by atoms with Crippen LogP contribution in [-0.2, 0) is 0 Å². The summed E-state index contributed by atoms with van der Waals surface area (Å²) in [5, 5.41) is 0. The first-order valence-electron chi connectivity index (χ1n) is 4.04. The van der Waals surface area contributed by atoms with Crippen LogP contribution >= 0.6 is 0 Å². The van der Waals surface area contributed by atoms with Gasteiger partial charge in [0.05, 0.1) is 0 Å². The van der Waals surface area contributed by atoms with Crippen LogP contribution in [0.1, 0.15) is 20.3 Å². The Morgan fingerprint density at radius 2 is 2.09 bits per heavy atom. The summed E-state index contributed by atoms with van der Waals surface area (Å²) in [5.74, 6) is 0. The van der Waals surface area contributed by atoms with Gasteiger partial charge in [-0.25, -0.2) is 0 Å². The van der Waals surface area contributed by atoms with Crippen molar-refractivity contribution < 1.29 is 0 Å². The van der Waals surface area contributed by atoms with Crippen LogP contribution in [0, 0.1) is 0 Å². The molecule has 2 rings (SSSR count). The van der Waals surface area contributed by atoms with Crippen molar-refractivity contribution in [2.24, 2.45) is 0 Å². The van der Waals surface area contributed by atoms with E-state index in [1.165, 1.54) is 22.3 Å². The number of fused-ring (bicyclic) bond motifs is 1. The molecule has 0 atom stereocenters. The van der Waals surface area contributed by atoms with Gasteiger partial charge < -0.3 is 0 Å². The minimum Gasteiger partial charge on any atom is -0.0801 e. The Morgan fingerprint density at radius 3 is 2.82 bits per heavy atom. The third kappa shape index (κ3) is 0.900. The first-order valence-corrected chi connectivity index (χ1v) is 4.04. The molecule has 0 heteroatoms. The lowest BCUT2D eigenvalue weighted by Gasteiger charge is -2.08. The molecule has 0 bridgehead atoms. The monoisotopic (exact) mass is 144 g/mol. The third-order valence-corrected chi connectivity index (χ3v) is 2.38. The fourth-order valence-corrected chi connectivity index (χ4v) is 1.79. The van der Waals surface area contributed by atoms with Crippen LogP contribution in [-0.4, -0.2) is 0 Å². The zero-order chi connectivity index (χ0) is 7.84. The van der Waals surface area contributed by atoms with Crippen molar-refractivity contribution in [1.82, 2.24) is 0 Å². The molecule has 0 aliphatic heterocycles. The molecule has 0 aromatic heterocycles. The van der Waals surface area contributed by atoms with Gasteiger partial charge in [-0.15, -0.1) is 0 Å². The molecule has 0 unspecified atom stereocenters. The Hall–Kier alpha value is -1.04. The van der Waals surface area contributed by atoms with Crippen LogP contribution in [0.3, 0.4) is 0 Å². The highest BCUT2D eigenvalue weighted by atomic mass is 14.2. The number of allylic oxidation sites excluding steroid dienone is 8. The van der Waals surface area contributed by atoms with E-state index in [9.17, 15) is 0 Å². The fraction of sp³-hybridized carbons (Fsp3) is 0.273. The summed E-state index contributed by atoms with van der Waals surface area (Å²) in [6.45, 7) is 4.38. The van der Waals surface area contributed by atoms with E-state index < -0.39 is 0 Å². The maximum absolute atomic E-state index is 2.27. The standard InChI is InChI=1S/C11H12/c1-8-7-9(2)11-6-4-3-5-10(8)11/h3-5,7H,6H2,1-2H3. The van der Waals surface area contributed by atoms with Gasteiger partial charge in [-0.2, -0.15) is 0 Å². The van der Waals surface area contributed by atoms with Crippen LogP contribution in [0.5, 0.6) is 0 Å². The second-order valence-electron chi connectivity index (χ2n) is 3.20. The van der Waals surface area contributed by atoms with Gasteiger partial charge in [0.15, 0.2) is 0 Å². The molecule has 0 N–H and O–H groups in total. The lowest BCUT2D eigenvalue weighted by atomic mass is 9.96. The Kier molecular flexibility index (Phi) is 1.35. The van der Waals surface area contributed by atoms with Crippen molar-refractivity contribution in [2.75, 3.05) is 0 Å². The van der Waals surface area contributed by atoms with Gasteiger partial charge in [0.2, 0.25) is 0 Å². The van der Waals surface area contributed by atoms with E-state index in [1.54, 1.807) is 0 Å². The predicted molar refractivity (Wildman–Crippen MR) is 48.3 cm³/mol. The van der Waals surface area contributed by atoms with Crippen molar-refractivity contribution in [3.05, 3.63) is 46.6 Å². The zero-order valence-corrected chi connectivity index (χ0v) is 7.02. The maximum atomic E-state index is 2.27. The molecule has 0 heterocycles. The largest absolute Gasteiger partial charge is 0.0801 e. The van der Waals surface area contributed by atoms with Gasteiger partial charge in [0.1, 0.15) is 0 Å². The van der Waals surface area contributed by atoms with E-state index in [2.05, 4.69) is 38.2 Å². The van der Waals surface area contributed by atoms with Gasteiger partial charge in [-0.1, -0.05) is 24.3 Å². The normalized spacial score (nSPS) is 21.6. The van der Waals surface area contributed by atoms with Gasteiger partial charge in [-0.3, -0.25) is 0 Å². The summed E-state index contributed by atoms with van der Waals surface area (Å²) in [4.78, 5) is 0. The SMILES string of the molecule is CC1=CC(C)=C2CC=CC=C12. The van der Waals surface area contributed by atoms with Crippen LogP contribution in [0.15, 0.2) is 46.6 Å². The lowest BCUT2D eigenvalue weighted by molar-refractivity contribution is 1.19. The van der Waals surface area contributed by atoms with Crippen molar-refractivity contribution in [3.63, 3.8) is 0 Å². The second-order valence-corrected chi connectivity index (χ2v) is 3.20. The molecule has 0 nitrogen and oxygen atoms in total. The highest BCUT2D eigenvalue weighted by Gasteiger charge is 2.15. The summed E-state index contributed by atoms with van der Waals surface area (Å²) in [7, 11) is 0. The summed E-state index contributed by atoms with van der Waals surface area (Å²) >= 11 is 0. The minimum absolute atomic E-state index is 1.12. The lowest BCUT2D eigenvalue weighted by Crippen LogP contribution is -1.90. The molecule has 2 aliphatic rings. The molecule has 0 saturated carbocycles. The van der Waals surface area contributed by atoms with E-state index >= 15 is 0 Å². The van der Waals surface area contributed by atoms with Gasteiger partial charge in [0, 0.05) is 0 Å². The van der Waals surface area contributed by atoms with Crippen LogP contribution in [0.25, 0.3) is 0 Å². The maximum Gasteiger partial charge on any atom is -0.00857 e. The molecule has 0 saturated heterocycles. The van der Waals surface area contributed by atoms with E-state index in [1.807, 2.05) is 0 Å². The van der Waals surface area contributed by atoms with E-state index in [0.717, 1.165) is 6.42 Å². The van der Waals surface area contributed by atoms with Gasteiger partial charge in [0.25, 0.3) is 0 Å². The number of hydrogen-bond acceptors (Lipinski definition) is 0. The molecule has 0 radical (unpaired) electrons. The average Bonchev–Trinajstić information content (AvgIpc) is 2.30. The highest BCUT2D eigenvalue weighted by Crippen LogP contribution is 2.34. The van der Waals surface area contributed by atoms with Crippen molar-refractivity contribution in [3.8, 4) is 0 Å². The van der Waals surface area contributed by atoms with E-state index in [4.69, 9.17) is 0 Å². The third-order valence-electron chi connectivity index (χ3n) is 2.38. The highest BCUT2D eigenvalue weighted by molar-refractivity contribution is 5.60. The molecular formula is C11H12. The molecule has 0 fully saturated rings. The van der Waals surface area contributed by atoms with Crippen molar-refractivity contribution in [2.45, 2.75) is 20.3 Å². The van der Waals surface area contributed by atoms with Crippen molar-refractivity contribution in [1.29, 1.82) is 0 Å². The van der Waals surface area contributed by atoms with E-state index in [-0.39, 0.29) is 0 Å². The Bertz CT molecular complexity index is 309. The van der Waals surface area contributed by atoms with Crippen molar-refractivity contribution >= 4 is 0 Å². The van der Waals surface area contributed by atoms with Gasteiger partial charge >= 0.3 is 0 Å². The van der Waals surface area contributed by atoms with Crippen LogP contribution < -0.4 is 0 Å². The first-order chi connectivity index (χ1) is 5.29. The predicted octanol–water partition coefficient (Wildman–Crippen LogP) is 3.15. The second kappa shape index (κ2) is 2.23. The summed E-state index contributed by atoms with van der Waals surface area (Å²) < 4.78 is 0. The number of rotatable bonds is 0. The molecule has 0 aromatic rings. The molecule has 0 amide bonds. The van der Waals surface area contributed by atoms with Crippen LogP contribution in [0.4, 0.5) is 0 Å². The van der Waals surface area contributed by atoms with Gasteiger partial charge in [-0.05, 0) is 42.6 Å². The van der Waals surface area contributed by atoms with E-state index in [0.29, 0.717) is 0 Å². The average molecular weight is 144 g/mol. The zero-order valence-electron chi connectivity index (χ0n) is 7.02. The molecule has 56 valence electrons. The molecule has 2 aliphatic carbocycles. The molecule has 0 spiro atoms. The molecule has 0 aromatic carbocycles. The number of hydrogen-bond donors (Lipinski definition) is 0. The summed E-state index contributed by atoms with van der Waals surface area (Å²) in [5.41, 5.74) is 5.83.